The minimum absolute atomic E-state index is 0.0400. The second kappa shape index (κ2) is 6.36. The molecule has 0 unspecified atom stereocenters. The zero-order chi connectivity index (χ0) is 16.4. The van der Waals surface area contributed by atoms with Crippen LogP contribution in [0.15, 0.2) is 16.7 Å². The molecule has 0 spiro atoms. The molecule has 0 bridgehead atoms. The van der Waals surface area contributed by atoms with E-state index in [4.69, 9.17) is 4.52 Å². The molecule has 7 heteroatoms. The molecule has 2 aromatic heterocycles. The van der Waals surface area contributed by atoms with Crippen LogP contribution in [0.1, 0.15) is 41.8 Å². The second-order valence-electron chi connectivity index (χ2n) is 6.11. The van der Waals surface area contributed by atoms with Gasteiger partial charge in [-0.2, -0.15) is 0 Å². The second-order valence-corrected chi connectivity index (χ2v) is 6.11. The predicted octanol–water partition coefficient (Wildman–Crippen LogP) is 2.70. The van der Waals surface area contributed by atoms with Gasteiger partial charge in [-0.1, -0.05) is 12.1 Å². The Morgan fingerprint density at radius 1 is 1.22 bits per heavy atom. The minimum Gasteiger partial charge on any atom is -0.360 e. The normalized spacial score (nSPS) is 15.7. The molecule has 1 amide bonds. The van der Waals surface area contributed by atoms with Crippen LogP contribution in [0.5, 0.6) is 0 Å². The summed E-state index contributed by atoms with van der Waals surface area (Å²) in [6, 6.07) is 3.43. The number of aryl methyl sites for hydroxylation is 2. The van der Waals surface area contributed by atoms with Gasteiger partial charge in [0.15, 0.2) is 5.82 Å². The average molecular weight is 315 g/mol. The Hall–Kier alpha value is -2.44. The molecule has 1 N–H and O–H groups in total. The first kappa shape index (κ1) is 15.5. The van der Waals surface area contributed by atoms with Crippen LogP contribution in [-0.4, -0.2) is 39.0 Å². The maximum absolute atomic E-state index is 12.6. The largest absolute Gasteiger partial charge is 0.360 e. The summed E-state index contributed by atoms with van der Waals surface area (Å²) in [7, 11) is 0. The highest BCUT2D eigenvalue weighted by atomic mass is 16.5. The van der Waals surface area contributed by atoms with E-state index in [-0.39, 0.29) is 5.91 Å². The van der Waals surface area contributed by atoms with E-state index in [9.17, 15) is 4.79 Å². The molecule has 0 saturated carbocycles. The van der Waals surface area contributed by atoms with E-state index in [2.05, 4.69) is 27.4 Å². The molecule has 0 aromatic carbocycles. The van der Waals surface area contributed by atoms with Crippen molar-refractivity contribution in [2.45, 2.75) is 33.6 Å². The number of hydrogen-bond acceptors (Lipinski definition) is 6. The van der Waals surface area contributed by atoms with Gasteiger partial charge < -0.3 is 14.7 Å². The minimum atomic E-state index is -0.0400. The zero-order valence-corrected chi connectivity index (χ0v) is 13.7. The number of anilines is 2. The van der Waals surface area contributed by atoms with Crippen molar-refractivity contribution in [2.75, 3.05) is 18.4 Å². The molecule has 7 nitrogen and oxygen atoms in total. The number of hydrogen-bond donors (Lipinski definition) is 1. The molecule has 0 aliphatic carbocycles. The number of amides is 1. The molecule has 3 rings (SSSR count). The van der Waals surface area contributed by atoms with Gasteiger partial charge in [-0.3, -0.25) is 4.79 Å². The van der Waals surface area contributed by atoms with Crippen LogP contribution in [0.4, 0.5) is 11.6 Å². The average Bonchev–Trinajstić information content (AvgIpc) is 2.92. The van der Waals surface area contributed by atoms with Crippen molar-refractivity contribution in [3.05, 3.63) is 29.4 Å². The number of nitrogens with one attached hydrogen (secondary N) is 1. The maximum Gasteiger partial charge on any atom is 0.272 e. The molecule has 2 aromatic rings. The molecule has 1 aliphatic rings. The van der Waals surface area contributed by atoms with Gasteiger partial charge in [-0.15, -0.1) is 0 Å². The number of aromatic nitrogens is 3. The highest BCUT2D eigenvalue weighted by Gasteiger charge is 2.23. The molecule has 0 atom stereocenters. The molecule has 1 aliphatic heterocycles. The third-order valence-corrected chi connectivity index (χ3v) is 4.01. The first-order valence-electron chi connectivity index (χ1n) is 7.86. The van der Waals surface area contributed by atoms with Gasteiger partial charge >= 0.3 is 0 Å². The summed E-state index contributed by atoms with van der Waals surface area (Å²) in [5, 5.41) is 6.92. The Morgan fingerprint density at radius 2 is 1.96 bits per heavy atom. The van der Waals surface area contributed by atoms with Gasteiger partial charge in [-0.05, 0) is 32.6 Å². The van der Waals surface area contributed by atoms with Gasteiger partial charge in [0, 0.05) is 25.2 Å². The smallest absolute Gasteiger partial charge is 0.272 e. The van der Waals surface area contributed by atoms with Crippen molar-refractivity contribution in [3.63, 3.8) is 0 Å². The lowest BCUT2D eigenvalue weighted by atomic mass is 9.99. The quantitative estimate of drug-likeness (QED) is 0.937. The zero-order valence-electron chi connectivity index (χ0n) is 13.7. The van der Waals surface area contributed by atoms with Crippen molar-refractivity contribution in [2.24, 2.45) is 5.92 Å². The first-order chi connectivity index (χ1) is 11.0. The molecule has 0 radical (unpaired) electrons. The lowest BCUT2D eigenvalue weighted by Crippen LogP contribution is -2.38. The summed E-state index contributed by atoms with van der Waals surface area (Å²) in [5.41, 5.74) is 0.412. The Morgan fingerprint density at radius 3 is 2.61 bits per heavy atom. The summed E-state index contributed by atoms with van der Waals surface area (Å²) in [5.74, 6) is 2.99. The van der Waals surface area contributed by atoms with Crippen LogP contribution < -0.4 is 5.32 Å². The van der Waals surface area contributed by atoms with E-state index in [1.807, 2.05) is 11.8 Å². The van der Waals surface area contributed by atoms with E-state index in [1.54, 1.807) is 19.1 Å². The standard InChI is InChI=1S/C16H21N5O2/c1-10-4-6-21(7-5-10)16(22)13-9-14(18-12(3)17-13)19-15-8-11(2)23-20-15/h8-10H,4-7H2,1-3H3,(H,17,18,19,20). The van der Waals surface area contributed by atoms with Crippen molar-refractivity contribution >= 4 is 17.5 Å². The summed E-state index contributed by atoms with van der Waals surface area (Å²) >= 11 is 0. The van der Waals surface area contributed by atoms with Gasteiger partial charge in [0.05, 0.1) is 0 Å². The number of carbonyl (C=O) groups excluding carboxylic acids is 1. The lowest BCUT2D eigenvalue weighted by molar-refractivity contribution is 0.0691. The third-order valence-electron chi connectivity index (χ3n) is 4.01. The molecule has 122 valence electrons. The summed E-state index contributed by atoms with van der Waals surface area (Å²) in [6.45, 7) is 7.38. The van der Waals surface area contributed by atoms with Crippen LogP contribution >= 0.6 is 0 Å². The number of likely N-dealkylation sites (tertiary alicyclic amines) is 1. The number of nitrogens with zero attached hydrogens (tertiary/aromatic N) is 4. The van der Waals surface area contributed by atoms with Crippen molar-refractivity contribution in [3.8, 4) is 0 Å². The monoisotopic (exact) mass is 315 g/mol. The summed E-state index contributed by atoms with van der Waals surface area (Å²) < 4.78 is 5.02. The molecular formula is C16H21N5O2. The fourth-order valence-corrected chi connectivity index (χ4v) is 2.67. The molecular weight excluding hydrogens is 294 g/mol. The fourth-order valence-electron chi connectivity index (χ4n) is 2.67. The highest BCUT2D eigenvalue weighted by Crippen LogP contribution is 2.20. The third kappa shape index (κ3) is 3.67. The van der Waals surface area contributed by atoms with Crippen molar-refractivity contribution in [1.82, 2.24) is 20.0 Å². The molecule has 1 saturated heterocycles. The Labute approximate surface area is 135 Å². The van der Waals surface area contributed by atoms with Crippen LogP contribution in [0, 0.1) is 19.8 Å². The van der Waals surface area contributed by atoms with Crippen LogP contribution in [0.3, 0.4) is 0 Å². The van der Waals surface area contributed by atoms with Gasteiger partial charge in [-0.25, -0.2) is 9.97 Å². The Balaban J connectivity index is 1.78. The summed E-state index contributed by atoms with van der Waals surface area (Å²) in [4.78, 5) is 23.1. The molecule has 23 heavy (non-hydrogen) atoms. The van der Waals surface area contributed by atoms with Gasteiger partial charge in [0.2, 0.25) is 0 Å². The van der Waals surface area contributed by atoms with Gasteiger partial charge in [0.1, 0.15) is 23.1 Å². The molecule has 3 heterocycles. The number of carbonyl (C=O) groups is 1. The van der Waals surface area contributed by atoms with E-state index >= 15 is 0 Å². The van der Waals surface area contributed by atoms with Crippen LogP contribution in [-0.2, 0) is 0 Å². The summed E-state index contributed by atoms with van der Waals surface area (Å²) in [6.07, 6.45) is 2.08. The van der Waals surface area contributed by atoms with Crippen molar-refractivity contribution < 1.29 is 9.32 Å². The SMILES string of the molecule is Cc1nc(Nc2cc(C)on2)cc(C(=O)N2CCC(C)CC2)n1. The Bertz CT molecular complexity index is 704. The fraction of sp³-hybridized carbons (Fsp3) is 0.500. The highest BCUT2D eigenvalue weighted by molar-refractivity contribution is 5.93. The topological polar surface area (TPSA) is 84.2 Å². The van der Waals surface area contributed by atoms with Crippen molar-refractivity contribution in [1.29, 1.82) is 0 Å². The van der Waals surface area contributed by atoms with Crippen LogP contribution in [0.2, 0.25) is 0 Å². The first-order valence-corrected chi connectivity index (χ1v) is 7.86. The molecule has 1 fully saturated rings. The van der Waals surface area contributed by atoms with Gasteiger partial charge in [0.25, 0.3) is 5.91 Å². The maximum atomic E-state index is 12.6. The number of piperidine rings is 1. The Kier molecular flexibility index (Phi) is 4.27. The lowest BCUT2D eigenvalue weighted by Gasteiger charge is -2.30. The van der Waals surface area contributed by atoms with Crippen LogP contribution in [0.25, 0.3) is 0 Å². The number of rotatable bonds is 3. The van der Waals surface area contributed by atoms with E-state index in [1.165, 1.54) is 0 Å². The van der Waals surface area contributed by atoms with E-state index < -0.39 is 0 Å². The van der Waals surface area contributed by atoms with E-state index in [0.717, 1.165) is 25.9 Å². The van der Waals surface area contributed by atoms with E-state index in [0.29, 0.717) is 34.8 Å². The predicted molar refractivity (Wildman–Crippen MR) is 85.6 cm³/mol.